The molecule has 2 atom stereocenters. The predicted molar refractivity (Wildman–Crippen MR) is 97.6 cm³/mol. The molecule has 2 unspecified atom stereocenters. The number of benzene rings is 1. The van der Waals surface area contributed by atoms with E-state index in [0.717, 1.165) is 45.6 Å². The minimum absolute atomic E-state index is 0. The van der Waals surface area contributed by atoms with Gasteiger partial charge >= 0.3 is 0 Å². The SMILES string of the molecule is CCC(C)C(N)C(=O)N1CCCN(Cc2ccccc2)CC1.Cl. The Kier molecular flexibility index (Phi) is 8.59. The third kappa shape index (κ3) is 5.79. The number of carbonyl (C=O) groups excluding carboxylic acids is 1. The third-order valence-corrected chi connectivity index (χ3v) is 4.69. The normalized spacial score (nSPS) is 18.7. The van der Waals surface area contributed by atoms with Gasteiger partial charge in [0.1, 0.15) is 0 Å². The van der Waals surface area contributed by atoms with Gasteiger partial charge in [-0.15, -0.1) is 12.4 Å². The molecule has 5 heteroatoms. The molecule has 130 valence electrons. The van der Waals surface area contributed by atoms with E-state index in [-0.39, 0.29) is 30.3 Å². The zero-order valence-corrected chi connectivity index (χ0v) is 15.1. The minimum atomic E-state index is -0.356. The van der Waals surface area contributed by atoms with Crippen molar-refractivity contribution in [2.75, 3.05) is 26.2 Å². The molecule has 4 nitrogen and oxygen atoms in total. The Labute approximate surface area is 146 Å². The van der Waals surface area contributed by atoms with E-state index in [0.29, 0.717) is 0 Å². The smallest absolute Gasteiger partial charge is 0.239 e. The largest absolute Gasteiger partial charge is 0.340 e. The van der Waals surface area contributed by atoms with Crippen LogP contribution in [0.1, 0.15) is 32.3 Å². The van der Waals surface area contributed by atoms with E-state index in [1.807, 2.05) is 11.0 Å². The molecule has 1 aromatic rings. The lowest BCUT2D eigenvalue weighted by atomic mass is 9.99. The van der Waals surface area contributed by atoms with Crippen LogP contribution >= 0.6 is 12.4 Å². The summed E-state index contributed by atoms with van der Waals surface area (Å²) in [4.78, 5) is 16.9. The number of rotatable bonds is 5. The number of carbonyl (C=O) groups is 1. The van der Waals surface area contributed by atoms with Crippen LogP contribution in [-0.4, -0.2) is 47.9 Å². The summed E-state index contributed by atoms with van der Waals surface area (Å²) in [7, 11) is 0. The van der Waals surface area contributed by atoms with Gasteiger partial charge < -0.3 is 10.6 Å². The molecule has 1 heterocycles. The molecule has 1 aromatic carbocycles. The highest BCUT2D eigenvalue weighted by Crippen LogP contribution is 2.12. The molecule has 23 heavy (non-hydrogen) atoms. The highest BCUT2D eigenvalue weighted by molar-refractivity contribution is 5.85. The molecule has 2 rings (SSSR count). The summed E-state index contributed by atoms with van der Waals surface area (Å²) in [6, 6.07) is 10.2. The number of amides is 1. The highest BCUT2D eigenvalue weighted by atomic mass is 35.5. The third-order valence-electron chi connectivity index (χ3n) is 4.69. The number of nitrogens with zero attached hydrogens (tertiary/aromatic N) is 2. The van der Waals surface area contributed by atoms with Crippen molar-refractivity contribution >= 4 is 18.3 Å². The van der Waals surface area contributed by atoms with Crippen molar-refractivity contribution in [1.82, 2.24) is 9.80 Å². The number of hydrogen-bond donors (Lipinski definition) is 1. The fourth-order valence-electron chi connectivity index (χ4n) is 2.90. The van der Waals surface area contributed by atoms with Crippen molar-refractivity contribution in [3.05, 3.63) is 35.9 Å². The average molecular weight is 340 g/mol. The minimum Gasteiger partial charge on any atom is -0.340 e. The summed E-state index contributed by atoms with van der Waals surface area (Å²) in [5.74, 6) is 0.368. The Balaban J connectivity index is 0.00000264. The lowest BCUT2D eigenvalue weighted by molar-refractivity contribution is -0.133. The molecule has 0 spiro atoms. The first-order valence-electron chi connectivity index (χ1n) is 8.42. The Hall–Kier alpha value is -1.10. The molecule has 0 radical (unpaired) electrons. The molecular weight excluding hydrogens is 310 g/mol. The van der Waals surface area contributed by atoms with E-state index >= 15 is 0 Å². The van der Waals surface area contributed by atoms with E-state index in [4.69, 9.17) is 5.73 Å². The van der Waals surface area contributed by atoms with Crippen LogP contribution in [-0.2, 0) is 11.3 Å². The van der Waals surface area contributed by atoms with E-state index in [1.165, 1.54) is 5.56 Å². The first-order chi connectivity index (χ1) is 10.6. The fourth-order valence-corrected chi connectivity index (χ4v) is 2.90. The average Bonchev–Trinajstić information content (AvgIpc) is 2.79. The van der Waals surface area contributed by atoms with Crippen molar-refractivity contribution in [1.29, 1.82) is 0 Å². The van der Waals surface area contributed by atoms with Gasteiger partial charge in [-0.1, -0.05) is 50.6 Å². The van der Waals surface area contributed by atoms with Gasteiger partial charge in [-0.3, -0.25) is 9.69 Å². The number of hydrogen-bond acceptors (Lipinski definition) is 3. The van der Waals surface area contributed by atoms with Crippen molar-refractivity contribution in [2.24, 2.45) is 11.7 Å². The maximum absolute atomic E-state index is 12.5. The van der Waals surface area contributed by atoms with Gasteiger partial charge in [-0.05, 0) is 17.9 Å². The monoisotopic (exact) mass is 339 g/mol. The highest BCUT2D eigenvalue weighted by Gasteiger charge is 2.26. The number of nitrogens with two attached hydrogens (primary N) is 1. The van der Waals surface area contributed by atoms with Gasteiger partial charge in [0, 0.05) is 32.7 Å². The molecule has 0 aliphatic carbocycles. The summed E-state index contributed by atoms with van der Waals surface area (Å²) in [5.41, 5.74) is 7.44. The second-order valence-corrected chi connectivity index (χ2v) is 6.35. The molecule has 1 saturated heterocycles. The Morgan fingerprint density at radius 3 is 2.52 bits per heavy atom. The van der Waals surface area contributed by atoms with Crippen LogP contribution in [0.15, 0.2) is 30.3 Å². The van der Waals surface area contributed by atoms with Crippen LogP contribution in [0.3, 0.4) is 0 Å². The predicted octanol–water partition coefficient (Wildman–Crippen LogP) is 2.52. The lowest BCUT2D eigenvalue weighted by Gasteiger charge is -2.27. The van der Waals surface area contributed by atoms with Crippen LogP contribution in [0, 0.1) is 5.92 Å². The topological polar surface area (TPSA) is 49.6 Å². The van der Waals surface area contributed by atoms with Gasteiger partial charge in [0.25, 0.3) is 0 Å². The van der Waals surface area contributed by atoms with Crippen LogP contribution in [0.2, 0.25) is 0 Å². The zero-order valence-electron chi connectivity index (χ0n) is 14.3. The first kappa shape index (κ1) is 19.9. The lowest BCUT2D eigenvalue weighted by Crippen LogP contribution is -2.48. The number of halogens is 1. The summed E-state index contributed by atoms with van der Waals surface area (Å²) in [6.45, 7) is 8.68. The summed E-state index contributed by atoms with van der Waals surface area (Å²) in [5, 5.41) is 0. The van der Waals surface area contributed by atoms with Crippen molar-refractivity contribution < 1.29 is 4.79 Å². The van der Waals surface area contributed by atoms with Crippen LogP contribution in [0.25, 0.3) is 0 Å². The fraction of sp³-hybridized carbons (Fsp3) is 0.611. The Morgan fingerprint density at radius 1 is 1.17 bits per heavy atom. The molecule has 1 aliphatic heterocycles. The van der Waals surface area contributed by atoms with Gasteiger partial charge in [-0.25, -0.2) is 0 Å². The quantitative estimate of drug-likeness (QED) is 0.896. The second kappa shape index (κ2) is 9.91. The van der Waals surface area contributed by atoms with E-state index in [2.05, 4.69) is 43.0 Å². The van der Waals surface area contributed by atoms with Gasteiger partial charge in [0.15, 0.2) is 0 Å². The molecule has 1 aliphatic rings. The molecule has 1 amide bonds. The van der Waals surface area contributed by atoms with Crippen molar-refractivity contribution in [2.45, 2.75) is 39.3 Å². The summed E-state index contributed by atoms with van der Waals surface area (Å²) >= 11 is 0. The van der Waals surface area contributed by atoms with Crippen molar-refractivity contribution in [3.8, 4) is 0 Å². The molecular formula is C18H30ClN3O. The van der Waals surface area contributed by atoms with E-state index < -0.39 is 0 Å². The van der Waals surface area contributed by atoms with Crippen molar-refractivity contribution in [3.63, 3.8) is 0 Å². The van der Waals surface area contributed by atoms with Gasteiger partial charge in [0.05, 0.1) is 6.04 Å². The van der Waals surface area contributed by atoms with Gasteiger partial charge in [0.2, 0.25) is 5.91 Å². The molecule has 0 aromatic heterocycles. The van der Waals surface area contributed by atoms with Gasteiger partial charge in [-0.2, -0.15) is 0 Å². The van der Waals surface area contributed by atoms with Crippen LogP contribution < -0.4 is 5.73 Å². The van der Waals surface area contributed by atoms with Crippen LogP contribution in [0.4, 0.5) is 0 Å². The van der Waals surface area contributed by atoms with E-state index in [9.17, 15) is 4.79 Å². The summed E-state index contributed by atoms with van der Waals surface area (Å²) in [6.07, 6.45) is 1.96. The molecule has 2 N–H and O–H groups in total. The second-order valence-electron chi connectivity index (χ2n) is 6.35. The zero-order chi connectivity index (χ0) is 15.9. The molecule has 0 saturated carbocycles. The summed E-state index contributed by atoms with van der Waals surface area (Å²) < 4.78 is 0. The Bertz CT molecular complexity index is 469. The maximum Gasteiger partial charge on any atom is 0.239 e. The molecule has 0 bridgehead atoms. The molecule has 1 fully saturated rings. The Morgan fingerprint density at radius 2 is 1.87 bits per heavy atom. The standard InChI is InChI=1S/C18H29N3O.ClH/c1-3-15(2)17(19)18(22)21-11-7-10-20(12-13-21)14-16-8-5-4-6-9-16;/h4-6,8-9,15,17H,3,7,10-14,19H2,1-2H3;1H. The van der Waals surface area contributed by atoms with E-state index in [1.54, 1.807) is 0 Å². The van der Waals surface area contributed by atoms with Crippen LogP contribution in [0.5, 0.6) is 0 Å². The first-order valence-corrected chi connectivity index (χ1v) is 8.42. The maximum atomic E-state index is 12.5.